The number of nitrogens with two attached hydrogens (primary N) is 1. The van der Waals surface area contributed by atoms with E-state index in [1.54, 1.807) is 0 Å². The fraction of sp³-hybridized carbons (Fsp3) is 0.625. The Morgan fingerprint density at radius 3 is 2.58 bits per heavy atom. The molecule has 0 radical (unpaired) electrons. The van der Waals surface area contributed by atoms with Crippen molar-refractivity contribution in [2.75, 3.05) is 13.2 Å². The number of nitrogens with one attached hydrogen (secondary N) is 1. The van der Waals surface area contributed by atoms with Gasteiger partial charge in [-0.25, -0.2) is 0 Å². The first-order valence-corrected chi connectivity index (χ1v) is 7.13. The van der Waals surface area contributed by atoms with E-state index in [1.807, 2.05) is 6.07 Å². The van der Waals surface area contributed by atoms with Crippen LogP contribution in [0.1, 0.15) is 45.2 Å². The van der Waals surface area contributed by atoms with Crippen molar-refractivity contribution in [2.24, 2.45) is 5.73 Å². The lowest BCUT2D eigenvalue weighted by Crippen LogP contribution is -2.59. The highest BCUT2D eigenvalue weighted by Gasteiger charge is 2.40. The number of rotatable bonds is 4. The van der Waals surface area contributed by atoms with Crippen LogP contribution in [-0.4, -0.2) is 24.3 Å². The van der Waals surface area contributed by atoms with Gasteiger partial charge in [-0.3, -0.25) is 0 Å². The maximum absolute atomic E-state index is 6.07. The van der Waals surface area contributed by atoms with Crippen molar-refractivity contribution in [2.45, 2.75) is 50.8 Å². The van der Waals surface area contributed by atoms with Crippen LogP contribution in [0.15, 0.2) is 30.3 Å². The van der Waals surface area contributed by atoms with Crippen molar-refractivity contribution in [1.29, 1.82) is 0 Å². The van der Waals surface area contributed by atoms with Gasteiger partial charge in [0, 0.05) is 24.7 Å². The summed E-state index contributed by atoms with van der Waals surface area (Å²) < 4.78 is 5.81. The van der Waals surface area contributed by atoms with Crippen LogP contribution in [0.25, 0.3) is 0 Å². The van der Waals surface area contributed by atoms with Gasteiger partial charge in [0.1, 0.15) is 0 Å². The van der Waals surface area contributed by atoms with Crippen LogP contribution in [0, 0.1) is 0 Å². The minimum atomic E-state index is -0.0962. The van der Waals surface area contributed by atoms with Crippen molar-refractivity contribution < 1.29 is 4.74 Å². The Kier molecular flexibility index (Phi) is 4.29. The normalized spacial score (nSPS) is 28.0. The Bertz CT molecular complexity index is 404. The zero-order valence-corrected chi connectivity index (χ0v) is 12.3. The van der Waals surface area contributed by atoms with Crippen LogP contribution in [0.5, 0.6) is 0 Å². The van der Waals surface area contributed by atoms with Crippen molar-refractivity contribution in [3.8, 4) is 0 Å². The van der Waals surface area contributed by atoms with Crippen molar-refractivity contribution in [1.82, 2.24) is 5.32 Å². The average Bonchev–Trinajstić information content (AvgIpc) is 2.38. The lowest BCUT2D eigenvalue weighted by atomic mass is 9.80. The van der Waals surface area contributed by atoms with Crippen LogP contribution in [0.3, 0.4) is 0 Å². The smallest absolute Gasteiger partial charge is 0.0644 e. The van der Waals surface area contributed by atoms with E-state index >= 15 is 0 Å². The summed E-state index contributed by atoms with van der Waals surface area (Å²) in [4.78, 5) is 0. The van der Waals surface area contributed by atoms with Crippen molar-refractivity contribution >= 4 is 0 Å². The number of benzene rings is 1. The highest BCUT2D eigenvalue weighted by molar-refractivity contribution is 5.19. The Morgan fingerprint density at radius 2 is 2.00 bits per heavy atom. The molecule has 0 aliphatic carbocycles. The third-order valence-electron chi connectivity index (χ3n) is 4.05. The fourth-order valence-electron chi connectivity index (χ4n) is 3.12. The fourth-order valence-corrected chi connectivity index (χ4v) is 3.12. The van der Waals surface area contributed by atoms with Gasteiger partial charge in [-0.15, -0.1) is 0 Å². The van der Waals surface area contributed by atoms with E-state index in [0.29, 0.717) is 12.6 Å². The third-order valence-corrected chi connectivity index (χ3v) is 4.05. The molecule has 0 amide bonds. The van der Waals surface area contributed by atoms with Gasteiger partial charge in [0.25, 0.3) is 0 Å². The van der Waals surface area contributed by atoms with Gasteiger partial charge in [-0.05, 0) is 39.2 Å². The molecule has 1 aliphatic rings. The summed E-state index contributed by atoms with van der Waals surface area (Å²) in [6, 6.07) is 10.8. The summed E-state index contributed by atoms with van der Waals surface area (Å²) in [6.07, 6.45) is 1.93. The Morgan fingerprint density at radius 1 is 1.32 bits per heavy atom. The topological polar surface area (TPSA) is 47.3 Å². The maximum atomic E-state index is 6.07. The first-order valence-electron chi connectivity index (χ1n) is 7.13. The second kappa shape index (κ2) is 5.61. The van der Waals surface area contributed by atoms with E-state index in [4.69, 9.17) is 10.5 Å². The zero-order chi connectivity index (χ0) is 13.9. The molecule has 1 aromatic carbocycles. The maximum Gasteiger partial charge on any atom is 0.0644 e. The van der Waals surface area contributed by atoms with E-state index in [1.165, 1.54) is 5.56 Å². The molecule has 2 rings (SSSR count). The molecule has 0 bridgehead atoms. The number of ether oxygens (including phenoxy) is 1. The SMILES string of the molecule is CC(NC1(CN)CCOC(C)(C)C1)c1ccccc1. The average molecular weight is 262 g/mol. The van der Waals surface area contributed by atoms with E-state index in [-0.39, 0.29) is 11.1 Å². The van der Waals surface area contributed by atoms with Gasteiger partial charge in [0.2, 0.25) is 0 Å². The standard InChI is InChI=1S/C16H26N2O/c1-13(14-7-5-4-6-8-14)18-16(12-17)9-10-19-15(2,3)11-16/h4-8,13,18H,9-12,17H2,1-3H3. The van der Waals surface area contributed by atoms with Gasteiger partial charge < -0.3 is 15.8 Å². The lowest BCUT2D eigenvalue weighted by molar-refractivity contribution is -0.0876. The molecule has 3 N–H and O–H groups in total. The quantitative estimate of drug-likeness (QED) is 0.877. The minimum Gasteiger partial charge on any atom is -0.375 e. The van der Waals surface area contributed by atoms with E-state index in [0.717, 1.165) is 19.4 Å². The summed E-state index contributed by atoms with van der Waals surface area (Å²) >= 11 is 0. The molecule has 0 aromatic heterocycles. The molecule has 1 aromatic rings. The van der Waals surface area contributed by atoms with Gasteiger partial charge in [-0.1, -0.05) is 30.3 Å². The zero-order valence-electron chi connectivity index (χ0n) is 12.3. The molecule has 1 aliphatic heterocycles. The molecule has 2 unspecified atom stereocenters. The van der Waals surface area contributed by atoms with Crippen LogP contribution >= 0.6 is 0 Å². The highest BCUT2D eigenvalue weighted by atomic mass is 16.5. The van der Waals surface area contributed by atoms with E-state index in [9.17, 15) is 0 Å². The molecule has 1 saturated heterocycles. The van der Waals surface area contributed by atoms with Crippen LogP contribution in [0.2, 0.25) is 0 Å². The Balaban J connectivity index is 2.10. The summed E-state index contributed by atoms with van der Waals surface area (Å²) in [5.41, 5.74) is 7.26. The molecule has 1 fully saturated rings. The molecule has 3 nitrogen and oxygen atoms in total. The Hall–Kier alpha value is -0.900. The second-order valence-corrected chi connectivity index (χ2v) is 6.30. The molecular formula is C16H26N2O. The summed E-state index contributed by atoms with van der Waals surface area (Å²) in [5, 5.41) is 3.75. The van der Waals surface area contributed by atoms with Gasteiger partial charge in [-0.2, -0.15) is 0 Å². The lowest BCUT2D eigenvalue weighted by Gasteiger charge is -2.46. The van der Waals surface area contributed by atoms with Crippen LogP contribution in [0.4, 0.5) is 0 Å². The van der Waals surface area contributed by atoms with Crippen molar-refractivity contribution in [3.63, 3.8) is 0 Å². The molecule has 19 heavy (non-hydrogen) atoms. The van der Waals surface area contributed by atoms with E-state index < -0.39 is 0 Å². The number of hydrogen-bond acceptors (Lipinski definition) is 3. The summed E-state index contributed by atoms with van der Waals surface area (Å²) in [5.74, 6) is 0. The molecule has 2 atom stereocenters. The monoisotopic (exact) mass is 262 g/mol. The molecule has 1 heterocycles. The van der Waals surface area contributed by atoms with E-state index in [2.05, 4.69) is 50.4 Å². The van der Waals surface area contributed by atoms with Crippen LogP contribution < -0.4 is 11.1 Å². The number of hydrogen-bond donors (Lipinski definition) is 2. The first-order chi connectivity index (χ1) is 8.96. The molecular weight excluding hydrogens is 236 g/mol. The van der Waals surface area contributed by atoms with Gasteiger partial charge in [0.05, 0.1) is 5.60 Å². The molecule has 0 spiro atoms. The molecule has 106 valence electrons. The molecule has 3 heteroatoms. The predicted molar refractivity (Wildman–Crippen MR) is 79.0 cm³/mol. The first kappa shape index (κ1) is 14.5. The van der Waals surface area contributed by atoms with Crippen molar-refractivity contribution in [3.05, 3.63) is 35.9 Å². The largest absolute Gasteiger partial charge is 0.375 e. The van der Waals surface area contributed by atoms with Crippen LogP contribution in [-0.2, 0) is 4.74 Å². The van der Waals surface area contributed by atoms with Gasteiger partial charge >= 0.3 is 0 Å². The third kappa shape index (κ3) is 3.56. The second-order valence-electron chi connectivity index (χ2n) is 6.30. The minimum absolute atomic E-state index is 0.0169. The summed E-state index contributed by atoms with van der Waals surface area (Å²) in [7, 11) is 0. The highest BCUT2D eigenvalue weighted by Crippen LogP contribution is 2.33. The summed E-state index contributed by atoms with van der Waals surface area (Å²) in [6.45, 7) is 7.92. The predicted octanol–water partition coefficient (Wildman–Crippen LogP) is 2.62. The Labute approximate surface area is 116 Å². The molecule has 0 saturated carbocycles. The van der Waals surface area contributed by atoms with Gasteiger partial charge in [0.15, 0.2) is 0 Å².